The van der Waals surface area contributed by atoms with Crippen molar-refractivity contribution in [3.05, 3.63) is 83.5 Å². The van der Waals surface area contributed by atoms with Crippen molar-refractivity contribution in [2.24, 2.45) is 16.9 Å². The van der Waals surface area contributed by atoms with Gasteiger partial charge in [0.2, 0.25) is 5.91 Å². The zero-order valence-corrected chi connectivity index (χ0v) is 24.3. The van der Waals surface area contributed by atoms with Crippen LogP contribution in [0.1, 0.15) is 29.5 Å². The molecule has 11 nitrogen and oxygen atoms in total. The third-order valence-electron chi connectivity index (χ3n) is 7.50. The van der Waals surface area contributed by atoms with Gasteiger partial charge < -0.3 is 24.4 Å². The summed E-state index contributed by atoms with van der Waals surface area (Å²) in [6, 6.07) is 14.4. The summed E-state index contributed by atoms with van der Waals surface area (Å²) in [5.74, 6) is -1.10. The van der Waals surface area contributed by atoms with Crippen LogP contribution in [-0.4, -0.2) is 84.2 Å². The lowest BCUT2D eigenvalue weighted by Gasteiger charge is -2.37. The van der Waals surface area contributed by atoms with Crippen molar-refractivity contribution in [2.75, 3.05) is 40.5 Å². The molecule has 0 aromatic heterocycles. The fourth-order valence-corrected chi connectivity index (χ4v) is 5.30. The van der Waals surface area contributed by atoms with Crippen molar-refractivity contribution in [2.45, 2.75) is 25.9 Å². The molecule has 3 aliphatic rings. The number of nitrogens with zero attached hydrogens (tertiary/aromatic N) is 3. The van der Waals surface area contributed by atoms with Crippen LogP contribution in [0.25, 0.3) is 0 Å². The van der Waals surface area contributed by atoms with Crippen LogP contribution in [0.2, 0.25) is 0 Å². The molecule has 1 fully saturated rings. The summed E-state index contributed by atoms with van der Waals surface area (Å²) < 4.78 is 16.4. The Morgan fingerprint density at radius 3 is 2.05 bits per heavy atom. The summed E-state index contributed by atoms with van der Waals surface area (Å²) in [5.41, 5.74) is 4.24. The molecule has 228 valence electrons. The zero-order chi connectivity index (χ0) is 30.8. The van der Waals surface area contributed by atoms with Gasteiger partial charge in [-0.05, 0) is 42.2 Å². The van der Waals surface area contributed by atoms with Crippen LogP contribution in [0, 0.1) is 11.8 Å². The normalized spacial score (nSPS) is 20.1. The molecule has 2 atom stereocenters. The lowest BCUT2D eigenvalue weighted by atomic mass is 9.76. The number of ether oxygens (including phenoxy) is 3. The van der Waals surface area contributed by atoms with Gasteiger partial charge in [-0.25, -0.2) is 14.6 Å². The van der Waals surface area contributed by atoms with Gasteiger partial charge in [-0.1, -0.05) is 36.4 Å². The molecule has 2 aromatic carbocycles. The Bertz CT molecular complexity index is 1360. The summed E-state index contributed by atoms with van der Waals surface area (Å²) >= 11 is 0. The Balaban J connectivity index is 0.000000467. The minimum Gasteiger partial charge on any atom is -0.493 e. The molecule has 2 aliphatic heterocycles. The molecule has 2 heterocycles. The number of carboxylic acid groups (broad SMARTS) is 2. The maximum absolute atomic E-state index is 13.4. The number of hydrogen-bond donors (Lipinski definition) is 2. The molecule has 2 aromatic rings. The average molecular weight is 592 g/mol. The topological polar surface area (TPSA) is 138 Å². The van der Waals surface area contributed by atoms with E-state index in [1.54, 1.807) is 19.2 Å². The molecule has 0 unspecified atom stereocenters. The summed E-state index contributed by atoms with van der Waals surface area (Å²) in [5, 5.41) is 22.2. The largest absolute Gasteiger partial charge is 0.493 e. The van der Waals surface area contributed by atoms with Crippen LogP contribution in [0.4, 0.5) is 0 Å². The van der Waals surface area contributed by atoms with Crippen LogP contribution >= 0.6 is 0 Å². The molecule has 0 saturated carbocycles. The van der Waals surface area contributed by atoms with Crippen molar-refractivity contribution in [3.8, 4) is 11.5 Å². The Kier molecular flexibility index (Phi) is 11.1. The molecule has 43 heavy (non-hydrogen) atoms. The molecule has 11 heteroatoms. The van der Waals surface area contributed by atoms with Gasteiger partial charge in [-0.3, -0.25) is 9.69 Å². The molecule has 2 N–H and O–H groups in total. The van der Waals surface area contributed by atoms with Crippen LogP contribution in [-0.2, 0) is 32.2 Å². The van der Waals surface area contributed by atoms with Crippen molar-refractivity contribution in [1.82, 2.24) is 9.91 Å². The predicted octanol–water partition coefficient (Wildman–Crippen LogP) is 3.58. The third-order valence-corrected chi connectivity index (χ3v) is 7.50. The molecule has 1 aliphatic carbocycles. The molecule has 1 saturated heterocycles. The number of morpholine rings is 1. The number of allylic oxidation sites excluding steroid dienone is 2. The number of aliphatic carboxylic acids is 2. The first-order valence-corrected chi connectivity index (χ1v) is 14.1. The molecule has 0 radical (unpaired) electrons. The number of hydrogen-bond acceptors (Lipinski definition) is 8. The molecule has 0 spiro atoms. The van der Waals surface area contributed by atoms with Crippen molar-refractivity contribution in [3.63, 3.8) is 0 Å². The summed E-state index contributed by atoms with van der Waals surface area (Å²) in [6.07, 6.45) is 6.95. The van der Waals surface area contributed by atoms with Gasteiger partial charge in [-0.2, -0.15) is 5.10 Å². The minimum atomic E-state index is -1.26. The molecule has 5 rings (SSSR count). The predicted molar refractivity (Wildman–Crippen MR) is 159 cm³/mol. The van der Waals surface area contributed by atoms with Crippen molar-refractivity contribution in [1.29, 1.82) is 0 Å². The Morgan fingerprint density at radius 2 is 1.47 bits per heavy atom. The van der Waals surface area contributed by atoms with Crippen LogP contribution in [0.5, 0.6) is 11.5 Å². The number of carboxylic acids is 2. The number of hydrazone groups is 1. The van der Waals surface area contributed by atoms with Gasteiger partial charge in [0.25, 0.3) is 0 Å². The fraction of sp³-hybridized carbons (Fsp3) is 0.375. The first-order valence-electron chi connectivity index (χ1n) is 14.1. The van der Waals surface area contributed by atoms with Gasteiger partial charge in [-0.15, -0.1) is 0 Å². The quantitative estimate of drug-likeness (QED) is 0.331. The minimum absolute atomic E-state index is 0.0674. The summed E-state index contributed by atoms with van der Waals surface area (Å²) in [6.45, 7) is 4.91. The van der Waals surface area contributed by atoms with Crippen LogP contribution in [0.3, 0.4) is 0 Å². The Morgan fingerprint density at radius 1 is 0.884 bits per heavy atom. The maximum atomic E-state index is 13.4. The lowest BCUT2D eigenvalue weighted by Crippen LogP contribution is -2.45. The van der Waals surface area contributed by atoms with E-state index in [1.165, 1.54) is 5.56 Å². The smallest absolute Gasteiger partial charge is 0.328 e. The van der Waals surface area contributed by atoms with Crippen molar-refractivity contribution < 1.29 is 38.8 Å². The molecule has 1 amide bonds. The highest BCUT2D eigenvalue weighted by Crippen LogP contribution is 2.37. The van der Waals surface area contributed by atoms with E-state index in [2.05, 4.69) is 41.3 Å². The highest BCUT2D eigenvalue weighted by molar-refractivity contribution is 6.07. The van der Waals surface area contributed by atoms with Gasteiger partial charge in [0, 0.05) is 43.3 Å². The number of carbonyl (C=O) groups is 3. The van der Waals surface area contributed by atoms with Crippen molar-refractivity contribution >= 4 is 23.6 Å². The number of amides is 1. The van der Waals surface area contributed by atoms with E-state index in [1.807, 2.05) is 18.2 Å². The number of rotatable bonds is 9. The third kappa shape index (κ3) is 8.52. The van der Waals surface area contributed by atoms with Gasteiger partial charge in [0.1, 0.15) is 0 Å². The molecule has 0 bridgehead atoms. The van der Waals surface area contributed by atoms with E-state index in [0.29, 0.717) is 30.2 Å². The SMILES string of the molecule is COc1ccc(C2=NN(Cc3ccc(CN4CCOCC4)cc3)C(=O)[C@@H]3CC=CC[C@H]23)cc1OC.O=C(O)/C=C\C(=O)O. The number of carbonyl (C=O) groups excluding carboxylic acids is 1. The highest BCUT2D eigenvalue weighted by Gasteiger charge is 2.40. The summed E-state index contributed by atoms with van der Waals surface area (Å²) in [7, 11) is 3.26. The summed E-state index contributed by atoms with van der Waals surface area (Å²) in [4.78, 5) is 34.9. The number of benzene rings is 2. The second-order valence-corrected chi connectivity index (χ2v) is 10.3. The average Bonchev–Trinajstić information content (AvgIpc) is 3.03. The van der Waals surface area contributed by atoms with Gasteiger partial charge in [0.05, 0.1) is 45.6 Å². The Labute approximate surface area is 250 Å². The van der Waals surface area contributed by atoms with E-state index in [0.717, 1.165) is 62.5 Å². The molecular weight excluding hydrogens is 554 g/mol. The highest BCUT2D eigenvalue weighted by atomic mass is 16.5. The number of methoxy groups -OCH3 is 2. The lowest BCUT2D eigenvalue weighted by molar-refractivity contribution is -0.138. The molecular formula is C32H37N3O8. The van der Waals surface area contributed by atoms with E-state index in [9.17, 15) is 14.4 Å². The standard InChI is InChI=1S/C28H33N3O4.C4H4O4/c1-33-25-12-11-22(17-26(25)34-2)27-23-5-3-4-6-24(23)28(32)31(29-27)19-21-9-7-20(8-10-21)18-30-13-15-35-16-14-30;5-3(6)1-2-4(7)8/h3-4,7-12,17,23-24H,5-6,13-16,18-19H2,1-2H3;1-2H,(H,5,6)(H,7,8)/b;2-1-/t23-,24+;/m0./s1. The first kappa shape index (κ1) is 31.5. The van der Waals surface area contributed by atoms with E-state index < -0.39 is 11.9 Å². The van der Waals surface area contributed by atoms with Gasteiger partial charge >= 0.3 is 11.9 Å². The van der Waals surface area contributed by atoms with Crippen LogP contribution in [0.15, 0.2) is 71.9 Å². The van der Waals surface area contributed by atoms with E-state index >= 15 is 0 Å². The van der Waals surface area contributed by atoms with Gasteiger partial charge in [0.15, 0.2) is 11.5 Å². The second-order valence-electron chi connectivity index (χ2n) is 10.3. The number of fused-ring (bicyclic) bond motifs is 1. The first-order chi connectivity index (χ1) is 20.8. The second kappa shape index (κ2) is 15.1. The Hall–Kier alpha value is -4.48. The monoisotopic (exact) mass is 591 g/mol. The van der Waals surface area contributed by atoms with E-state index in [-0.39, 0.29) is 17.7 Å². The maximum Gasteiger partial charge on any atom is 0.328 e. The van der Waals surface area contributed by atoms with E-state index in [4.69, 9.17) is 29.5 Å². The van der Waals surface area contributed by atoms with Crippen LogP contribution < -0.4 is 9.47 Å². The zero-order valence-electron chi connectivity index (χ0n) is 24.3. The fourth-order valence-electron chi connectivity index (χ4n) is 5.30.